The van der Waals surface area contributed by atoms with Crippen molar-refractivity contribution in [2.45, 2.75) is 10.8 Å². The number of carbonyl (C=O) groups excluding carboxylic acids is 1. The van der Waals surface area contributed by atoms with Crippen LogP contribution in [0.4, 0.5) is 0 Å². The van der Waals surface area contributed by atoms with Crippen molar-refractivity contribution in [2.24, 2.45) is 0 Å². The molecular weight excluding hydrogens is 510 g/mol. The highest BCUT2D eigenvalue weighted by Gasteiger charge is 2.32. The number of thiophene rings is 1. The van der Waals surface area contributed by atoms with Gasteiger partial charge in [-0.25, -0.2) is 18.4 Å². The maximum atomic E-state index is 13.2. The zero-order valence-corrected chi connectivity index (χ0v) is 20.7. The van der Waals surface area contributed by atoms with Gasteiger partial charge in [-0.1, -0.05) is 23.7 Å². The molecule has 12 heteroatoms. The van der Waals surface area contributed by atoms with E-state index in [1.54, 1.807) is 47.4 Å². The molecule has 0 radical (unpaired) electrons. The van der Waals surface area contributed by atoms with Crippen LogP contribution in [0.2, 0.25) is 5.02 Å². The lowest BCUT2D eigenvalue weighted by molar-refractivity contribution is 0.0685. The maximum absolute atomic E-state index is 13.2. The standard InChI is InChI=1S/C23H20ClN5O4S2/c24-17-5-4-15-10-21(34-20(15)11-17)35(32,33)29-8-6-28(7-9-29)23(31)22-25-12-16(13-26-22)19-3-1-2-18(14-30)27-19/h1-5,10-13,30H,6-9,14H2. The lowest BCUT2D eigenvalue weighted by Gasteiger charge is -2.33. The third-order valence-electron chi connectivity index (χ3n) is 5.69. The van der Waals surface area contributed by atoms with Gasteiger partial charge in [-0.3, -0.25) is 9.78 Å². The number of carbonyl (C=O) groups is 1. The summed E-state index contributed by atoms with van der Waals surface area (Å²) < 4.78 is 28.8. The van der Waals surface area contributed by atoms with Gasteiger partial charge in [-0.05, 0) is 35.7 Å². The van der Waals surface area contributed by atoms with Gasteiger partial charge < -0.3 is 10.0 Å². The van der Waals surface area contributed by atoms with E-state index in [0.717, 1.165) is 10.1 Å². The molecule has 1 aromatic carbocycles. The number of halogens is 1. The van der Waals surface area contributed by atoms with Crippen molar-refractivity contribution in [1.82, 2.24) is 24.2 Å². The summed E-state index contributed by atoms with van der Waals surface area (Å²) >= 11 is 7.21. The zero-order valence-electron chi connectivity index (χ0n) is 18.3. The predicted octanol–water partition coefficient (Wildman–Crippen LogP) is 3.05. The van der Waals surface area contributed by atoms with E-state index in [1.807, 2.05) is 0 Å². The molecule has 1 aliphatic heterocycles. The van der Waals surface area contributed by atoms with Crippen molar-refractivity contribution in [2.75, 3.05) is 26.2 Å². The number of hydrogen-bond donors (Lipinski definition) is 1. The summed E-state index contributed by atoms with van der Waals surface area (Å²) in [4.78, 5) is 27.1. The highest BCUT2D eigenvalue weighted by molar-refractivity contribution is 7.91. The normalized spacial score (nSPS) is 15.0. The second-order valence-electron chi connectivity index (χ2n) is 7.91. The molecule has 1 saturated heterocycles. The van der Waals surface area contributed by atoms with Crippen LogP contribution >= 0.6 is 22.9 Å². The quantitative estimate of drug-likeness (QED) is 0.422. The Morgan fingerprint density at radius 2 is 1.80 bits per heavy atom. The molecule has 0 bridgehead atoms. The summed E-state index contributed by atoms with van der Waals surface area (Å²) in [5.41, 5.74) is 1.74. The number of rotatable bonds is 5. The number of hydrogen-bond acceptors (Lipinski definition) is 8. The van der Waals surface area contributed by atoms with E-state index in [2.05, 4.69) is 15.0 Å². The molecule has 5 rings (SSSR count). The first-order valence-corrected chi connectivity index (χ1v) is 13.4. The second kappa shape index (κ2) is 9.59. The van der Waals surface area contributed by atoms with Crippen LogP contribution in [-0.2, 0) is 16.6 Å². The van der Waals surface area contributed by atoms with Crippen LogP contribution < -0.4 is 0 Å². The number of aromatic nitrogens is 3. The molecule has 0 saturated carbocycles. The van der Waals surface area contributed by atoms with Gasteiger partial charge in [0, 0.05) is 53.9 Å². The molecule has 180 valence electrons. The first-order valence-electron chi connectivity index (χ1n) is 10.7. The van der Waals surface area contributed by atoms with Crippen molar-refractivity contribution in [3.05, 3.63) is 71.4 Å². The fourth-order valence-corrected chi connectivity index (χ4v) is 7.06. The minimum Gasteiger partial charge on any atom is -0.390 e. The largest absolute Gasteiger partial charge is 0.390 e. The van der Waals surface area contributed by atoms with Crippen LogP contribution in [0.25, 0.3) is 21.3 Å². The van der Waals surface area contributed by atoms with Gasteiger partial charge >= 0.3 is 0 Å². The molecule has 0 unspecified atom stereocenters. The van der Waals surface area contributed by atoms with E-state index in [0.29, 0.717) is 22.0 Å². The molecule has 4 aromatic rings. The van der Waals surface area contributed by atoms with E-state index in [4.69, 9.17) is 11.6 Å². The van der Waals surface area contributed by atoms with Crippen LogP contribution in [0.1, 0.15) is 16.3 Å². The van der Waals surface area contributed by atoms with Gasteiger partial charge in [0.2, 0.25) is 5.82 Å². The summed E-state index contributed by atoms with van der Waals surface area (Å²) in [6, 6.07) is 12.2. The van der Waals surface area contributed by atoms with E-state index in [1.165, 1.54) is 28.0 Å². The van der Waals surface area contributed by atoms with Crippen LogP contribution in [0.3, 0.4) is 0 Å². The lowest BCUT2D eigenvalue weighted by Crippen LogP contribution is -2.50. The fourth-order valence-electron chi connectivity index (χ4n) is 3.81. The highest BCUT2D eigenvalue weighted by Crippen LogP contribution is 2.33. The first kappa shape index (κ1) is 23.8. The van der Waals surface area contributed by atoms with Gasteiger partial charge in [0.25, 0.3) is 15.9 Å². The number of benzene rings is 1. The van der Waals surface area contributed by atoms with Crippen LogP contribution in [0, 0.1) is 0 Å². The van der Waals surface area contributed by atoms with E-state index < -0.39 is 10.0 Å². The Balaban J connectivity index is 1.26. The number of nitrogens with zero attached hydrogens (tertiary/aromatic N) is 5. The molecule has 1 aliphatic rings. The molecule has 1 N–H and O–H groups in total. The molecule has 1 amide bonds. The molecule has 3 aromatic heterocycles. The van der Waals surface area contributed by atoms with E-state index in [-0.39, 0.29) is 48.7 Å². The molecular formula is C23H20ClN5O4S2. The summed E-state index contributed by atoms with van der Waals surface area (Å²) in [6.07, 6.45) is 3.02. The maximum Gasteiger partial charge on any atom is 0.291 e. The second-order valence-corrected chi connectivity index (χ2v) is 11.6. The molecule has 4 heterocycles. The Morgan fingerprint density at radius 3 is 2.51 bits per heavy atom. The summed E-state index contributed by atoms with van der Waals surface area (Å²) in [6.45, 7) is 0.655. The van der Waals surface area contributed by atoms with Gasteiger partial charge in [0.05, 0.1) is 18.0 Å². The van der Waals surface area contributed by atoms with Crippen molar-refractivity contribution in [3.63, 3.8) is 0 Å². The predicted molar refractivity (Wildman–Crippen MR) is 133 cm³/mol. The topological polar surface area (TPSA) is 117 Å². The molecule has 0 spiro atoms. The van der Waals surface area contributed by atoms with Gasteiger partial charge in [0.1, 0.15) is 4.21 Å². The first-order chi connectivity index (χ1) is 16.8. The minimum atomic E-state index is -3.68. The third-order valence-corrected chi connectivity index (χ3v) is 9.37. The SMILES string of the molecule is O=C(c1ncc(-c2cccc(CO)n2)cn1)N1CCN(S(=O)(=O)c2cc3ccc(Cl)cc3s2)CC1. The number of aliphatic hydroxyl groups excluding tert-OH is 1. The zero-order chi connectivity index (χ0) is 24.6. The Labute approximate surface area is 210 Å². The van der Waals surface area contributed by atoms with Crippen molar-refractivity contribution >= 4 is 49.0 Å². The number of piperazine rings is 1. The number of amides is 1. The van der Waals surface area contributed by atoms with Crippen LogP contribution in [0.5, 0.6) is 0 Å². The number of fused-ring (bicyclic) bond motifs is 1. The average molecular weight is 530 g/mol. The average Bonchev–Trinajstić information content (AvgIpc) is 3.33. The van der Waals surface area contributed by atoms with Gasteiger partial charge in [-0.2, -0.15) is 4.31 Å². The fraction of sp³-hybridized carbons (Fsp3) is 0.217. The van der Waals surface area contributed by atoms with Gasteiger partial charge in [-0.15, -0.1) is 11.3 Å². The van der Waals surface area contributed by atoms with Crippen molar-refractivity contribution in [1.29, 1.82) is 0 Å². The molecule has 35 heavy (non-hydrogen) atoms. The monoisotopic (exact) mass is 529 g/mol. The van der Waals surface area contributed by atoms with Gasteiger partial charge in [0.15, 0.2) is 0 Å². The number of pyridine rings is 1. The summed E-state index contributed by atoms with van der Waals surface area (Å²) in [5, 5.41) is 10.6. The van der Waals surface area contributed by atoms with Crippen molar-refractivity contribution in [3.8, 4) is 11.3 Å². The lowest BCUT2D eigenvalue weighted by atomic mass is 10.2. The molecule has 1 fully saturated rings. The van der Waals surface area contributed by atoms with E-state index >= 15 is 0 Å². The number of sulfonamides is 1. The summed E-state index contributed by atoms with van der Waals surface area (Å²) in [5.74, 6) is -0.327. The van der Waals surface area contributed by atoms with Crippen LogP contribution in [-0.4, -0.2) is 69.8 Å². The Hall–Kier alpha value is -2.96. The van der Waals surface area contributed by atoms with Crippen LogP contribution in [0.15, 0.2) is 59.1 Å². The number of aliphatic hydroxyl groups is 1. The smallest absolute Gasteiger partial charge is 0.291 e. The van der Waals surface area contributed by atoms with E-state index in [9.17, 15) is 18.3 Å². The third kappa shape index (κ3) is 4.78. The van der Waals surface area contributed by atoms with Crippen molar-refractivity contribution < 1.29 is 18.3 Å². The Bertz CT molecular complexity index is 1500. The Morgan fingerprint density at radius 1 is 1.06 bits per heavy atom. The Kier molecular flexibility index (Phi) is 6.51. The minimum absolute atomic E-state index is 0.0322. The molecule has 9 nitrogen and oxygen atoms in total. The molecule has 0 aliphatic carbocycles. The molecule has 0 atom stereocenters. The summed E-state index contributed by atoms with van der Waals surface area (Å²) in [7, 11) is -3.68. The highest BCUT2D eigenvalue weighted by atomic mass is 35.5.